The Labute approximate surface area is 117 Å². The van der Waals surface area contributed by atoms with Crippen molar-refractivity contribution in [1.82, 2.24) is 9.55 Å². The van der Waals surface area contributed by atoms with Crippen molar-refractivity contribution in [2.45, 2.75) is 50.5 Å². The molecule has 4 nitrogen and oxygen atoms in total. The van der Waals surface area contributed by atoms with E-state index in [9.17, 15) is 4.79 Å². The molecular formula is C16H18N2O2. The van der Waals surface area contributed by atoms with Crippen LogP contribution in [-0.4, -0.2) is 20.6 Å². The minimum atomic E-state index is -0.879. The Morgan fingerprint density at radius 2 is 1.95 bits per heavy atom. The summed E-state index contributed by atoms with van der Waals surface area (Å²) in [7, 11) is 0. The zero-order valence-corrected chi connectivity index (χ0v) is 11.4. The molecule has 2 aliphatic carbocycles. The quantitative estimate of drug-likeness (QED) is 0.924. The van der Waals surface area contributed by atoms with Crippen molar-refractivity contribution in [3.05, 3.63) is 29.6 Å². The van der Waals surface area contributed by atoms with Gasteiger partial charge in [0.2, 0.25) is 0 Å². The van der Waals surface area contributed by atoms with E-state index in [4.69, 9.17) is 10.1 Å². The van der Waals surface area contributed by atoms with Crippen molar-refractivity contribution in [1.29, 1.82) is 0 Å². The van der Waals surface area contributed by atoms with Gasteiger partial charge in [-0.1, -0.05) is 12.8 Å². The van der Waals surface area contributed by atoms with Gasteiger partial charge in [0.25, 0.3) is 0 Å². The molecule has 0 amide bonds. The zero-order chi connectivity index (χ0) is 13.7. The molecule has 4 heteroatoms. The van der Waals surface area contributed by atoms with Crippen molar-refractivity contribution < 1.29 is 9.90 Å². The second-order valence-electron chi connectivity index (χ2n) is 6.06. The predicted molar refractivity (Wildman–Crippen MR) is 76.2 cm³/mol. The number of hydrogen-bond donors (Lipinski definition) is 1. The van der Waals surface area contributed by atoms with E-state index in [-0.39, 0.29) is 0 Å². The van der Waals surface area contributed by atoms with Gasteiger partial charge in [0.1, 0.15) is 5.82 Å². The highest BCUT2D eigenvalue weighted by Gasteiger charge is 2.32. The summed E-state index contributed by atoms with van der Waals surface area (Å²) in [6.45, 7) is 0. The summed E-state index contributed by atoms with van der Waals surface area (Å²) in [5.74, 6) is 0.883. The normalized spacial score (nSPS) is 19.8. The first-order valence-electron chi connectivity index (χ1n) is 7.49. The van der Waals surface area contributed by atoms with Crippen LogP contribution in [0.1, 0.15) is 66.7 Å². The minimum absolute atomic E-state index is 0.330. The average Bonchev–Trinajstić information content (AvgIpc) is 3.01. The molecule has 0 bridgehead atoms. The van der Waals surface area contributed by atoms with Gasteiger partial charge in [-0.15, -0.1) is 0 Å². The Morgan fingerprint density at radius 3 is 2.60 bits per heavy atom. The van der Waals surface area contributed by atoms with Crippen LogP contribution in [0.2, 0.25) is 0 Å². The summed E-state index contributed by atoms with van der Waals surface area (Å²) in [5.41, 5.74) is 2.29. The van der Waals surface area contributed by atoms with E-state index in [1.807, 2.05) is 6.07 Å². The summed E-state index contributed by atoms with van der Waals surface area (Å²) in [6, 6.07) is 5.94. The van der Waals surface area contributed by atoms with Gasteiger partial charge in [-0.2, -0.15) is 0 Å². The lowest BCUT2D eigenvalue weighted by Crippen LogP contribution is -2.05. The number of carbonyl (C=O) groups is 1. The zero-order valence-electron chi connectivity index (χ0n) is 11.4. The molecule has 20 heavy (non-hydrogen) atoms. The van der Waals surface area contributed by atoms with Crippen molar-refractivity contribution in [3.63, 3.8) is 0 Å². The molecule has 2 aliphatic rings. The third kappa shape index (κ3) is 1.82. The third-order valence-corrected chi connectivity index (χ3v) is 4.60. The van der Waals surface area contributed by atoms with Crippen LogP contribution in [-0.2, 0) is 0 Å². The van der Waals surface area contributed by atoms with Gasteiger partial charge in [-0.05, 0) is 43.9 Å². The molecule has 2 saturated carbocycles. The smallest absolute Gasteiger partial charge is 0.335 e. The van der Waals surface area contributed by atoms with Gasteiger partial charge < -0.3 is 9.67 Å². The first-order chi connectivity index (χ1) is 9.74. The lowest BCUT2D eigenvalue weighted by Gasteiger charge is -2.12. The summed E-state index contributed by atoms with van der Waals surface area (Å²) in [5, 5.41) is 9.12. The van der Waals surface area contributed by atoms with E-state index in [0.29, 0.717) is 17.5 Å². The van der Waals surface area contributed by atoms with E-state index in [1.165, 1.54) is 44.3 Å². The lowest BCUT2D eigenvalue weighted by molar-refractivity contribution is 0.0697. The molecule has 0 unspecified atom stereocenters. The number of aromatic carboxylic acids is 1. The highest BCUT2D eigenvalue weighted by Crippen LogP contribution is 2.43. The number of nitrogens with zero attached hydrogens (tertiary/aromatic N) is 2. The maximum atomic E-state index is 11.1. The number of carboxylic acids is 1. The Morgan fingerprint density at radius 1 is 1.20 bits per heavy atom. The molecule has 4 rings (SSSR count). The van der Waals surface area contributed by atoms with Crippen LogP contribution in [0.4, 0.5) is 0 Å². The van der Waals surface area contributed by atoms with Crippen molar-refractivity contribution in [2.24, 2.45) is 0 Å². The van der Waals surface area contributed by atoms with Gasteiger partial charge in [-0.25, -0.2) is 9.78 Å². The second kappa shape index (κ2) is 4.33. The predicted octanol–water partition coefficient (Wildman–Crippen LogP) is 3.73. The summed E-state index contributed by atoms with van der Waals surface area (Å²) >= 11 is 0. The molecule has 2 fully saturated rings. The maximum Gasteiger partial charge on any atom is 0.335 e. The molecule has 2 aromatic rings. The minimum Gasteiger partial charge on any atom is -0.478 e. The van der Waals surface area contributed by atoms with Crippen LogP contribution < -0.4 is 0 Å². The number of rotatable bonds is 3. The van der Waals surface area contributed by atoms with Crippen molar-refractivity contribution in [2.75, 3.05) is 0 Å². The fourth-order valence-electron chi connectivity index (χ4n) is 3.44. The molecule has 0 atom stereocenters. The summed E-state index contributed by atoms with van der Waals surface area (Å²) in [4.78, 5) is 15.9. The monoisotopic (exact) mass is 270 g/mol. The van der Waals surface area contributed by atoms with Crippen LogP contribution >= 0.6 is 0 Å². The van der Waals surface area contributed by atoms with Crippen molar-refractivity contribution in [3.8, 4) is 0 Å². The molecule has 0 saturated heterocycles. The van der Waals surface area contributed by atoms with Crippen LogP contribution in [0.3, 0.4) is 0 Å². The molecule has 1 aromatic heterocycles. The van der Waals surface area contributed by atoms with E-state index in [0.717, 1.165) is 11.0 Å². The number of benzene rings is 1. The number of carboxylic acid groups (broad SMARTS) is 1. The largest absolute Gasteiger partial charge is 0.478 e. The van der Waals surface area contributed by atoms with Crippen LogP contribution in [0, 0.1) is 0 Å². The Kier molecular flexibility index (Phi) is 2.59. The SMILES string of the molecule is O=C(O)c1ccc2c(c1)nc(C1CCCC1)n2C1CC1. The fourth-order valence-corrected chi connectivity index (χ4v) is 3.44. The molecule has 104 valence electrons. The van der Waals surface area contributed by atoms with Crippen LogP contribution in [0.15, 0.2) is 18.2 Å². The van der Waals surface area contributed by atoms with E-state index < -0.39 is 5.97 Å². The molecule has 1 heterocycles. The fraction of sp³-hybridized carbons (Fsp3) is 0.500. The number of hydrogen-bond acceptors (Lipinski definition) is 2. The van der Waals surface area contributed by atoms with Gasteiger partial charge in [0.15, 0.2) is 0 Å². The number of aromatic nitrogens is 2. The van der Waals surface area contributed by atoms with Gasteiger partial charge >= 0.3 is 5.97 Å². The number of imidazole rings is 1. The Bertz CT molecular complexity index is 679. The van der Waals surface area contributed by atoms with Gasteiger partial charge in [0, 0.05) is 12.0 Å². The van der Waals surface area contributed by atoms with Gasteiger partial charge in [-0.3, -0.25) is 0 Å². The lowest BCUT2D eigenvalue weighted by atomic mass is 10.1. The molecular weight excluding hydrogens is 252 g/mol. The van der Waals surface area contributed by atoms with Crippen molar-refractivity contribution >= 4 is 17.0 Å². The molecule has 1 N–H and O–H groups in total. The van der Waals surface area contributed by atoms with Crippen LogP contribution in [0.5, 0.6) is 0 Å². The highest BCUT2D eigenvalue weighted by atomic mass is 16.4. The first kappa shape index (κ1) is 11.9. The third-order valence-electron chi connectivity index (χ3n) is 4.60. The highest BCUT2D eigenvalue weighted by molar-refractivity contribution is 5.92. The topological polar surface area (TPSA) is 55.1 Å². The Hall–Kier alpha value is -1.84. The maximum absolute atomic E-state index is 11.1. The number of fused-ring (bicyclic) bond motifs is 1. The van der Waals surface area contributed by atoms with E-state index in [2.05, 4.69) is 4.57 Å². The molecule has 0 radical (unpaired) electrons. The standard InChI is InChI=1S/C16H18N2O2/c19-16(20)11-5-8-14-13(9-11)17-15(10-3-1-2-4-10)18(14)12-6-7-12/h5,8-10,12H,1-4,6-7H2,(H,19,20). The molecule has 0 spiro atoms. The second-order valence-corrected chi connectivity index (χ2v) is 6.06. The summed E-state index contributed by atoms with van der Waals surface area (Å²) < 4.78 is 2.39. The molecule has 0 aliphatic heterocycles. The van der Waals surface area contributed by atoms with Gasteiger partial charge in [0.05, 0.1) is 16.6 Å². The molecule has 1 aromatic carbocycles. The Balaban J connectivity index is 1.88. The average molecular weight is 270 g/mol. The van der Waals surface area contributed by atoms with Crippen LogP contribution in [0.25, 0.3) is 11.0 Å². The van der Waals surface area contributed by atoms with E-state index in [1.54, 1.807) is 12.1 Å². The first-order valence-corrected chi connectivity index (χ1v) is 7.49. The van der Waals surface area contributed by atoms with E-state index >= 15 is 0 Å². The summed E-state index contributed by atoms with van der Waals surface area (Å²) in [6.07, 6.45) is 7.49.